The Morgan fingerprint density at radius 3 is 3.05 bits per heavy atom. The third-order valence-electron chi connectivity index (χ3n) is 3.68. The van der Waals surface area contributed by atoms with Crippen LogP contribution in [0, 0.1) is 0 Å². The summed E-state index contributed by atoms with van der Waals surface area (Å²) in [5.41, 5.74) is 0.937. The van der Waals surface area contributed by atoms with Gasteiger partial charge in [0.2, 0.25) is 5.89 Å². The standard InChI is InChI=1S/C15H15BrN2O3/c16-11-5-2-1-4-10(11)13-8-17-14(21-13)9-18-7-3-6-12(18)15(19)20/h1-2,4-5,8,12H,3,6-7,9H2,(H,19,20)/t12-/m0/s1. The summed E-state index contributed by atoms with van der Waals surface area (Å²) in [6.45, 7) is 1.20. The molecule has 1 aliphatic rings. The first-order valence-corrected chi connectivity index (χ1v) is 7.61. The molecule has 21 heavy (non-hydrogen) atoms. The first-order chi connectivity index (χ1) is 10.1. The second-order valence-corrected chi connectivity index (χ2v) is 5.92. The Balaban J connectivity index is 1.77. The Bertz CT molecular complexity index is 656. The molecule has 3 rings (SSSR count). The van der Waals surface area contributed by atoms with Crippen LogP contribution in [0.25, 0.3) is 11.3 Å². The fraction of sp³-hybridized carbons (Fsp3) is 0.333. The number of hydrogen-bond donors (Lipinski definition) is 1. The van der Waals surface area contributed by atoms with Crippen LogP contribution in [-0.4, -0.2) is 33.5 Å². The molecule has 0 aliphatic carbocycles. The van der Waals surface area contributed by atoms with Crippen molar-refractivity contribution in [2.75, 3.05) is 6.54 Å². The van der Waals surface area contributed by atoms with Crippen molar-refractivity contribution < 1.29 is 14.3 Å². The van der Waals surface area contributed by atoms with Crippen LogP contribution in [0.4, 0.5) is 0 Å². The first-order valence-electron chi connectivity index (χ1n) is 6.81. The second kappa shape index (κ2) is 5.99. The number of nitrogens with zero attached hydrogens (tertiary/aromatic N) is 2. The van der Waals surface area contributed by atoms with Crippen LogP contribution in [0.1, 0.15) is 18.7 Å². The second-order valence-electron chi connectivity index (χ2n) is 5.06. The molecule has 1 aliphatic heterocycles. The van der Waals surface area contributed by atoms with E-state index in [-0.39, 0.29) is 0 Å². The molecule has 1 aromatic carbocycles. The molecule has 2 aromatic rings. The molecule has 110 valence electrons. The Morgan fingerprint density at radius 1 is 1.48 bits per heavy atom. The maximum absolute atomic E-state index is 11.2. The van der Waals surface area contributed by atoms with Crippen molar-refractivity contribution in [3.05, 3.63) is 40.8 Å². The van der Waals surface area contributed by atoms with E-state index in [9.17, 15) is 9.90 Å². The van der Waals surface area contributed by atoms with E-state index < -0.39 is 12.0 Å². The van der Waals surface area contributed by atoms with E-state index in [4.69, 9.17) is 4.42 Å². The van der Waals surface area contributed by atoms with Gasteiger partial charge in [-0.3, -0.25) is 9.69 Å². The summed E-state index contributed by atoms with van der Waals surface area (Å²) in [5.74, 6) is 0.461. The Morgan fingerprint density at radius 2 is 2.29 bits per heavy atom. The van der Waals surface area contributed by atoms with Crippen molar-refractivity contribution in [2.24, 2.45) is 0 Å². The normalized spacial score (nSPS) is 19.0. The van der Waals surface area contributed by atoms with Gasteiger partial charge in [0.25, 0.3) is 0 Å². The Kier molecular flexibility index (Phi) is 4.07. The minimum absolute atomic E-state index is 0.427. The molecular weight excluding hydrogens is 336 g/mol. The zero-order valence-corrected chi connectivity index (χ0v) is 12.9. The number of aliphatic carboxylic acids is 1. The van der Waals surface area contributed by atoms with Crippen molar-refractivity contribution in [1.29, 1.82) is 0 Å². The average Bonchev–Trinajstić information content (AvgIpc) is 3.09. The molecule has 0 saturated carbocycles. The summed E-state index contributed by atoms with van der Waals surface area (Å²) in [6.07, 6.45) is 3.27. The predicted molar refractivity (Wildman–Crippen MR) is 80.7 cm³/mol. The average molecular weight is 351 g/mol. The topological polar surface area (TPSA) is 66.6 Å². The maximum atomic E-state index is 11.2. The van der Waals surface area contributed by atoms with E-state index in [1.54, 1.807) is 6.20 Å². The number of hydrogen-bond acceptors (Lipinski definition) is 4. The number of oxazole rings is 1. The van der Waals surface area contributed by atoms with E-state index in [1.807, 2.05) is 29.2 Å². The number of aromatic nitrogens is 1. The molecule has 1 atom stereocenters. The smallest absolute Gasteiger partial charge is 0.320 e. The molecule has 2 heterocycles. The first kappa shape index (κ1) is 14.3. The van der Waals surface area contributed by atoms with Gasteiger partial charge in [-0.1, -0.05) is 34.1 Å². The number of benzene rings is 1. The zero-order valence-electron chi connectivity index (χ0n) is 11.3. The molecule has 1 fully saturated rings. The summed E-state index contributed by atoms with van der Waals surface area (Å²) in [5, 5.41) is 9.18. The molecule has 1 aromatic heterocycles. The number of rotatable bonds is 4. The molecule has 0 unspecified atom stereocenters. The van der Waals surface area contributed by atoms with Crippen LogP contribution in [0.3, 0.4) is 0 Å². The maximum Gasteiger partial charge on any atom is 0.320 e. The van der Waals surface area contributed by atoms with E-state index in [0.717, 1.165) is 23.0 Å². The van der Waals surface area contributed by atoms with Gasteiger partial charge in [0.1, 0.15) is 6.04 Å². The van der Waals surface area contributed by atoms with Gasteiger partial charge in [0, 0.05) is 10.0 Å². The summed E-state index contributed by atoms with van der Waals surface area (Å²) in [4.78, 5) is 17.3. The van der Waals surface area contributed by atoms with Gasteiger partial charge in [-0.2, -0.15) is 0 Å². The molecule has 0 amide bonds. The molecule has 1 N–H and O–H groups in total. The van der Waals surface area contributed by atoms with Gasteiger partial charge >= 0.3 is 5.97 Å². The Labute approximate surface area is 130 Å². The SMILES string of the molecule is O=C(O)[C@@H]1CCCN1Cc1ncc(-c2ccccc2Br)o1. The van der Waals surface area contributed by atoms with E-state index in [2.05, 4.69) is 20.9 Å². The van der Waals surface area contributed by atoms with Gasteiger partial charge in [-0.05, 0) is 25.5 Å². The molecule has 0 bridgehead atoms. The quantitative estimate of drug-likeness (QED) is 0.917. The van der Waals surface area contributed by atoms with E-state index in [0.29, 0.717) is 24.6 Å². The molecular formula is C15H15BrN2O3. The molecule has 0 radical (unpaired) electrons. The van der Waals surface area contributed by atoms with Gasteiger partial charge < -0.3 is 9.52 Å². The highest BCUT2D eigenvalue weighted by molar-refractivity contribution is 9.10. The van der Waals surface area contributed by atoms with Crippen LogP contribution >= 0.6 is 15.9 Å². The third kappa shape index (κ3) is 3.01. The summed E-state index contributed by atoms with van der Waals surface area (Å²) < 4.78 is 6.71. The zero-order chi connectivity index (χ0) is 14.8. The van der Waals surface area contributed by atoms with Crippen molar-refractivity contribution >= 4 is 21.9 Å². The summed E-state index contributed by atoms with van der Waals surface area (Å²) in [6, 6.07) is 7.34. The minimum atomic E-state index is -0.773. The van der Waals surface area contributed by atoms with E-state index >= 15 is 0 Å². The van der Waals surface area contributed by atoms with Crippen molar-refractivity contribution in [2.45, 2.75) is 25.4 Å². The van der Waals surface area contributed by atoms with Crippen LogP contribution < -0.4 is 0 Å². The molecule has 5 nitrogen and oxygen atoms in total. The minimum Gasteiger partial charge on any atom is -0.480 e. The van der Waals surface area contributed by atoms with Gasteiger partial charge in [0.05, 0.1) is 12.7 Å². The number of likely N-dealkylation sites (tertiary alicyclic amines) is 1. The highest BCUT2D eigenvalue weighted by Gasteiger charge is 2.31. The third-order valence-corrected chi connectivity index (χ3v) is 4.37. The van der Waals surface area contributed by atoms with E-state index in [1.165, 1.54) is 0 Å². The number of carbonyl (C=O) groups is 1. The fourth-order valence-electron chi connectivity index (χ4n) is 2.64. The number of carboxylic acid groups (broad SMARTS) is 1. The van der Waals surface area contributed by atoms with Crippen LogP contribution in [-0.2, 0) is 11.3 Å². The monoisotopic (exact) mass is 350 g/mol. The Hall–Kier alpha value is -1.66. The van der Waals surface area contributed by atoms with Crippen molar-refractivity contribution in [3.63, 3.8) is 0 Å². The lowest BCUT2D eigenvalue weighted by atomic mass is 10.2. The number of halogens is 1. The van der Waals surface area contributed by atoms with Crippen LogP contribution in [0.5, 0.6) is 0 Å². The molecule has 0 spiro atoms. The summed E-state index contributed by atoms with van der Waals surface area (Å²) >= 11 is 3.48. The molecule has 6 heteroatoms. The van der Waals surface area contributed by atoms with Crippen molar-refractivity contribution in [1.82, 2.24) is 9.88 Å². The number of carboxylic acids is 1. The van der Waals surface area contributed by atoms with Gasteiger partial charge in [-0.15, -0.1) is 0 Å². The van der Waals surface area contributed by atoms with Crippen molar-refractivity contribution in [3.8, 4) is 11.3 Å². The highest BCUT2D eigenvalue weighted by Crippen LogP contribution is 2.29. The highest BCUT2D eigenvalue weighted by atomic mass is 79.9. The summed E-state index contributed by atoms with van der Waals surface area (Å²) in [7, 11) is 0. The van der Waals surface area contributed by atoms with Gasteiger partial charge in [0.15, 0.2) is 5.76 Å². The predicted octanol–water partition coefficient (Wildman–Crippen LogP) is 3.15. The van der Waals surface area contributed by atoms with Crippen LogP contribution in [0.2, 0.25) is 0 Å². The van der Waals surface area contributed by atoms with Gasteiger partial charge in [-0.25, -0.2) is 4.98 Å². The fourth-order valence-corrected chi connectivity index (χ4v) is 3.12. The molecule has 1 saturated heterocycles. The lowest BCUT2D eigenvalue weighted by molar-refractivity contribution is -0.142. The van der Waals surface area contributed by atoms with Crippen LogP contribution in [0.15, 0.2) is 39.4 Å². The largest absolute Gasteiger partial charge is 0.480 e. The lowest BCUT2D eigenvalue weighted by Crippen LogP contribution is -2.35. The lowest BCUT2D eigenvalue weighted by Gasteiger charge is -2.18.